The number of hydrogen-bond acceptors (Lipinski definition) is 0. The van der Waals surface area contributed by atoms with Crippen molar-refractivity contribution in [3.63, 3.8) is 0 Å². The molecule has 0 amide bonds. The third-order valence-electron chi connectivity index (χ3n) is 11.1. The van der Waals surface area contributed by atoms with Crippen LogP contribution < -0.4 is 0 Å². The predicted molar refractivity (Wildman–Crippen MR) is 199 cm³/mol. The molecular formula is C45H44N2. The second-order valence-corrected chi connectivity index (χ2v) is 15.2. The van der Waals surface area contributed by atoms with Crippen LogP contribution in [0.15, 0.2) is 78.9 Å². The second-order valence-electron chi connectivity index (χ2n) is 15.2. The maximum Gasteiger partial charge on any atom is 0.197 e. The lowest BCUT2D eigenvalue weighted by atomic mass is 9.59. The van der Waals surface area contributed by atoms with Crippen molar-refractivity contribution >= 4 is 27.5 Å². The van der Waals surface area contributed by atoms with Crippen LogP contribution in [-0.2, 0) is 0 Å². The molecular weight excluding hydrogens is 569 g/mol. The van der Waals surface area contributed by atoms with E-state index in [9.17, 15) is 0 Å². The van der Waals surface area contributed by atoms with Crippen molar-refractivity contribution in [1.82, 2.24) is 4.98 Å². The van der Waals surface area contributed by atoms with Gasteiger partial charge in [0.2, 0.25) is 0 Å². The molecule has 0 atom stereocenters. The van der Waals surface area contributed by atoms with Crippen LogP contribution in [0.25, 0.3) is 37.8 Å². The predicted octanol–water partition coefficient (Wildman–Crippen LogP) is 13.0. The van der Waals surface area contributed by atoms with Gasteiger partial charge >= 0.3 is 0 Å². The van der Waals surface area contributed by atoms with Crippen molar-refractivity contribution in [2.75, 3.05) is 0 Å². The van der Waals surface area contributed by atoms with E-state index in [1.54, 1.807) is 0 Å². The van der Waals surface area contributed by atoms with Crippen LogP contribution in [0.4, 0.5) is 5.69 Å². The highest BCUT2D eigenvalue weighted by atomic mass is 14.8. The lowest BCUT2D eigenvalue weighted by molar-refractivity contribution is 0.759. The molecule has 0 radical (unpaired) electrons. The Morgan fingerprint density at radius 1 is 0.617 bits per heavy atom. The van der Waals surface area contributed by atoms with Crippen molar-refractivity contribution in [1.29, 1.82) is 0 Å². The van der Waals surface area contributed by atoms with Crippen LogP contribution in [0.1, 0.15) is 147 Å². The molecule has 0 saturated heterocycles. The minimum absolute atomic E-state index is 0.0604. The van der Waals surface area contributed by atoms with E-state index in [1.165, 1.54) is 72.0 Å². The van der Waals surface area contributed by atoms with Gasteiger partial charge < -0.3 is 4.98 Å². The quantitative estimate of drug-likeness (QED) is 0.187. The zero-order chi connectivity index (χ0) is 32.9. The summed E-state index contributed by atoms with van der Waals surface area (Å²) in [5.41, 5.74) is 19.3. The minimum Gasteiger partial charge on any atom is -0.355 e. The monoisotopic (exact) mass is 612 g/mol. The maximum absolute atomic E-state index is 8.61. The summed E-state index contributed by atoms with van der Waals surface area (Å²) in [5, 5.41) is 2.58. The molecule has 0 aliphatic heterocycles. The Morgan fingerprint density at radius 3 is 1.62 bits per heavy atom. The molecule has 47 heavy (non-hydrogen) atoms. The van der Waals surface area contributed by atoms with Crippen molar-refractivity contribution in [2.24, 2.45) is 0 Å². The molecule has 3 aliphatic carbocycles. The normalized spacial score (nSPS) is 16.4. The largest absolute Gasteiger partial charge is 0.355 e. The van der Waals surface area contributed by atoms with Gasteiger partial charge in [0.05, 0.1) is 6.57 Å². The number of nitrogens with zero attached hydrogens (tertiary/aromatic N) is 1. The van der Waals surface area contributed by atoms with Gasteiger partial charge in [-0.05, 0) is 103 Å². The highest BCUT2D eigenvalue weighted by molar-refractivity contribution is 6.14. The van der Waals surface area contributed by atoms with Crippen LogP contribution in [0.3, 0.4) is 0 Å². The molecule has 0 spiro atoms. The summed E-state index contributed by atoms with van der Waals surface area (Å²) in [5.74, 6) is 1.65. The molecule has 6 aromatic rings. The van der Waals surface area contributed by atoms with Gasteiger partial charge in [0, 0.05) is 33.6 Å². The molecule has 1 heterocycles. The number of hydrogen-bond donors (Lipinski definition) is 1. The summed E-state index contributed by atoms with van der Waals surface area (Å²) < 4.78 is 0. The van der Waals surface area contributed by atoms with Crippen molar-refractivity contribution in [3.05, 3.63) is 146 Å². The van der Waals surface area contributed by atoms with Gasteiger partial charge in [0.25, 0.3) is 0 Å². The summed E-state index contributed by atoms with van der Waals surface area (Å²) in [4.78, 5) is 8.26. The molecule has 2 heteroatoms. The highest BCUT2D eigenvalue weighted by Crippen LogP contribution is 2.61. The van der Waals surface area contributed by atoms with E-state index in [0.29, 0.717) is 17.8 Å². The lowest BCUT2D eigenvalue weighted by Crippen LogP contribution is -2.28. The zero-order valence-electron chi connectivity index (χ0n) is 28.9. The summed E-state index contributed by atoms with van der Waals surface area (Å²) in [7, 11) is 0. The average molecular weight is 613 g/mol. The first-order valence-corrected chi connectivity index (χ1v) is 17.5. The number of aromatic amines is 1. The third-order valence-corrected chi connectivity index (χ3v) is 11.1. The van der Waals surface area contributed by atoms with Gasteiger partial charge in [-0.2, -0.15) is 0 Å². The first kappa shape index (κ1) is 29.8. The van der Waals surface area contributed by atoms with Crippen molar-refractivity contribution < 1.29 is 0 Å². The van der Waals surface area contributed by atoms with E-state index in [1.807, 2.05) is 0 Å². The lowest BCUT2D eigenvalue weighted by Gasteiger charge is -2.43. The molecule has 0 unspecified atom stereocenters. The molecule has 0 saturated carbocycles. The van der Waals surface area contributed by atoms with Crippen LogP contribution in [0.2, 0.25) is 0 Å². The molecule has 5 aromatic carbocycles. The first-order chi connectivity index (χ1) is 22.6. The third kappa shape index (κ3) is 4.15. The van der Waals surface area contributed by atoms with Gasteiger partial charge in [-0.1, -0.05) is 122 Å². The second kappa shape index (κ2) is 10.7. The molecule has 2 bridgehead atoms. The smallest absolute Gasteiger partial charge is 0.197 e. The topological polar surface area (TPSA) is 20.1 Å². The first-order valence-electron chi connectivity index (χ1n) is 17.5. The van der Waals surface area contributed by atoms with E-state index >= 15 is 0 Å². The fourth-order valence-electron chi connectivity index (χ4n) is 8.95. The van der Waals surface area contributed by atoms with Gasteiger partial charge in [-0.25, -0.2) is 4.85 Å². The van der Waals surface area contributed by atoms with Gasteiger partial charge in [-0.15, -0.1) is 0 Å². The number of aromatic nitrogens is 1. The summed E-state index contributed by atoms with van der Waals surface area (Å²) in [6.45, 7) is 27.0. The van der Waals surface area contributed by atoms with E-state index in [4.69, 9.17) is 6.57 Å². The highest BCUT2D eigenvalue weighted by Gasteiger charge is 2.44. The van der Waals surface area contributed by atoms with Gasteiger partial charge in [0.1, 0.15) is 0 Å². The molecule has 3 aliphatic rings. The molecule has 234 valence electrons. The maximum atomic E-state index is 8.61. The Balaban J connectivity index is 1.52. The zero-order valence-corrected chi connectivity index (χ0v) is 28.9. The van der Waals surface area contributed by atoms with Crippen molar-refractivity contribution in [2.45, 2.75) is 90.9 Å². The number of nitrogens with one attached hydrogen (secondary N) is 1. The fourth-order valence-corrected chi connectivity index (χ4v) is 8.95. The van der Waals surface area contributed by atoms with Crippen LogP contribution in [0.5, 0.6) is 0 Å². The van der Waals surface area contributed by atoms with Gasteiger partial charge in [0.15, 0.2) is 5.69 Å². The summed E-state index contributed by atoms with van der Waals surface area (Å²) in [6.07, 6.45) is 0. The Kier molecular flexibility index (Phi) is 6.79. The van der Waals surface area contributed by atoms with Crippen LogP contribution >= 0.6 is 0 Å². The molecule has 1 N–H and O–H groups in total. The van der Waals surface area contributed by atoms with E-state index in [0.717, 1.165) is 22.3 Å². The van der Waals surface area contributed by atoms with Crippen molar-refractivity contribution in [3.8, 4) is 11.1 Å². The summed E-state index contributed by atoms with van der Waals surface area (Å²) >= 11 is 0. The van der Waals surface area contributed by atoms with Crippen LogP contribution in [0, 0.1) is 6.57 Å². The fraction of sp³-hybridized carbons (Fsp3) is 0.311. The molecule has 2 nitrogen and oxygen atoms in total. The number of benzene rings is 5. The number of H-pyrrole nitrogens is 1. The Bertz CT molecular complexity index is 2210. The molecule has 0 fully saturated rings. The average Bonchev–Trinajstić information content (AvgIpc) is 3.44. The Morgan fingerprint density at radius 2 is 1.15 bits per heavy atom. The number of rotatable bonds is 5. The van der Waals surface area contributed by atoms with Gasteiger partial charge in [-0.3, -0.25) is 0 Å². The summed E-state index contributed by atoms with van der Waals surface area (Å²) in [6, 6.07) is 30.0. The van der Waals surface area contributed by atoms with E-state index < -0.39 is 0 Å². The Labute approximate surface area is 279 Å². The molecule has 9 rings (SSSR count). The molecule has 1 aromatic heterocycles. The van der Waals surface area contributed by atoms with E-state index in [2.05, 4.69) is 144 Å². The minimum atomic E-state index is 0.0604. The van der Waals surface area contributed by atoms with E-state index in [-0.39, 0.29) is 17.8 Å². The van der Waals surface area contributed by atoms with Crippen LogP contribution in [-0.4, -0.2) is 4.98 Å². The Hall–Kier alpha value is -4.61. The SMILES string of the molecule is [C-]#[N+]c1c2c(c3c([nH]c4ccc(-c5c(C(C)C)cc(C(C)C)cc5C(C)C)cc43)c1C(C)C)C1c3ccccc3C2c2ccccc21. The standard InChI is InChI=1S/C45H44N2/c1-23(2)28-21-33(24(3)4)38(34(22-28)25(5)6)27-18-19-36-35(20-27)41-42-39-29-14-10-12-16-31(29)40(32-17-13-11-15-30(32)39)43(42)44(46-9)37(26(7)8)45(41)47-36/h10-26,39-40,47H,1-8H3. The number of fused-ring (bicyclic) bond motifs is 3.